The zero-order chi connectivity index (χ0) is 16.8. The van der Waals surface area contributed by atoms with Crippen molar-refractivity contribution in [3.63, 3.8) is 0 Å². The number of methoxy groups -OCH3 is 1. The molecule has 0 radical (unpaired) electrons. The Morgan fingerprint density at radius 3 is 3.00 bits per heavy atom. The lowest BCUT2D eigenvalue weighted by Crippen LogP contribution is -1.92. The SMILES string of the molecule is COc1ccc(CSCCCc2nc(-c3cccs3)no2)cc1F. The van der Waals surface area contributed by atoms with E-state index in [1.54, 1.807) is 29.2 Å². The summed E-state index contributed by atoms with van der Waals surface area (Å²) in [6, 6.07) is 9.02. The van der Waals surface area contributed by atoms with Gasteiger partial charge in [-0.25, -0.2) is 4.39 Å². The largest absolute Gasteiger partial charge is 0.494 e. The molecule has 24 heavy (non-hydrogen) atoms. The van der Waals surface area contributed by atoms with Gasteiger partial charge in [0.1, 0.15) is 0 Å². The molecule has 2 aromatic heterocycles. The molecule has 0 atom stereocenters. The zero-order valence-corrected chi connectivity index (χ0v) is 14.8. The normalized spacial score (nSPS) is 10.9. The highest BCUT2D eigenvalue weighted by molar-refractivity contribution is 7.98. The number of thiophene rings is 1. The number of aromatic nitrogens is 2. The van der Waals surface area contributed by atoms with Crippen molar-refractivity contribution < 1.29 is 13.7 Å². The zero-order valence-electron chi connectivity index (χ0n) is 13.2. The fourth-order valence-electron chi connectivity index (χ4n) is 2.18. The predicted octanol–water partition coefficient (Wildman–Crippen LogP) is 4.81. The molecular weight excluding hydrogens is 347 g/mol. The molecule has 0 aliphatic heterocycles. The standard InChI is InChI=1S/C17H17FN2O2S2/c1-21-14-7-6-12(10-13(14)18)11-23-8-3-5-16-19-17(20-22-16)15-4-2-9-24-15/h2,4,6-7,9-10H,3,5,8,11H2,1H3. The van der Waals surface area contributed by atoms with E-state index in [1.165, 1.54) is 13.2 Å². The van der Waals surface area contributed by atoms with E-state index >= 15 is 0 Å². The molecule has 0 saturated carbocycles. The Labute approximate surface area is 148 Å². The van der Waals surface area contributed by atoms with Gasteiger partial charge in [-0.05, 0) is 41.3 Å². The predicted molar refractivity (Wildman–Crippen MR) is 95.0 cm³/mol. The molecule has 126 valence electrons. The topological polar surface area (TPSA) is 48.2 Å². The van der Waals surface area contributed by atoms with Crippen LogP contribution in [0.1, 0.15) is 17.9 Å². The molecule has 3 rings (SSSR count). The molecule has 3 aromatic rings. The van der Waals surface area contributed by atoms with Crippen LogP contribution in [0.5, 0.6) is 5.75 Å². The van der Waals surface area contributed by atoms with Crippen LogP contribution in [0.2, 0.25) is 0 Å². The highest BCUT2D eigenvalue weighted by Gasteiger charge is 2.09. The minimum absolute atomic E-state index is 0.279. The number of aryl methyl sites for hydroxylation is 1. The van der Waals surface area contributed by atoms with E-state index in [2.05, 4.69) is 10.1 Å². The smallest absolute Gasteiger partial charge is 0.227 e. The molecule has 0 bridgehead atoms. The number of halogens is 1. The van der Waals surface area contributed by atoms with E-state index < -0.39 is 0 Å². The maximum absolute atomic E-state index is 13.6. The van der Waals surface area contributed by atoms with Gasteiger partial charge in [-0.15, -0.1) is 11.3 Å². The Morgan fingerprint density at radius 2 is 2.25 bits per heavy atom. The van der Waals surface area contributed by atoms with E-state index in [0.29, 0.717) is 11.7 Å². The van der Waals surface area contributed by atoms with Crippen molar-refractivity contribution in [1.82, 2.24) is 10.1 Å². The van der Waals surface area contributed by atoms with Crippen molar-refractivity contribution >= 4 is 23.1 Å². The van der Waals surface area contributed by atoms with Crippen LogP contribution in [0.4, 0.5) is 4.39 Å². The van der Waals surface area contributed by atoms with Gasteiger partial charge in [0.15, 0.2) is 11.6 Å². The van der Waals surface area contributed by atoms with Crippen molar-refractivity contribution in [3.05, 3.63) is 53.0 Å². The van der Waals surface area contributed by atoms with Crippen molar-refractivity contribution in [1.29, 1.82) is 0 Å². The summed E-state index contributed by atoms with van der Waals surface area (Å²) in [5.41, 5.74) is 0.955. The molecule has 0 aliphatic carbocycles. The fraction of sp³-hybridized carbons (Fsp3) is 0.294. The average Bonchev–Trinajstić information content (AvgIpc) is 3.26. The number of hydrogen-bond acceptors (Lipinski definition) is 6. The van der Waals surface area contributed by atoms with E-state index in [-0.39, 0.29) is 11.6 Å². The maximum atomic E-state index is 13.6. The molecule has 0 N–H and O–H groups in total. The first-order valence-corrected chi connectivity index (χ1v) is 9.56. The van der Waals surface area contributed by atoms with Crippen molar-refractivity contribution in [2.24, 2.45) is 0 Å². The second kappa shape index (κ2) is 8.30. The molecule has 0 unspecified atom stereocenters. The lowest BCUT2D eigenvalue weighted by molar-refractivity contribution is 0.378. The highest BCUT2D eigenvalue weighted by Crippen LogP contribution is 2.23. The lowest BCUT2D eigenvalue weighted by Gasteiger charge is -2.05. The first kappa shape index (κ1) is 17.0. The first-order valence-electron chi connectivity index (χ1n) is 7.53. The second-order valence-corrected chi connectivity index (χ2v) is 7.17. The summed E-state index contributed by atoms with van der Waals surface area (Å²) in [6.07, 6.45) is 1.69. The maximum Gasteiger partial charge on any atom is 0.227 e. The van der Waals surface area contributed by atoms with E-state index in [1.807, 2.05) is 23.6 Å². The number of benzene rings is 1. The lowest BCUT2D eigenvalue weighted by atomic mass is 10.2. The Kier molecular flexibility index (Phi) is 5.87. The summed E-state index contributed by atoms with van der Waals surface area (Å²) in [4.78, 5) is 5.41. The summed E-state index contributed by atoms with van der Waals surface area (Å²) in [7, 11) is 1.47. The second-order valence-electron chi connectivity index (χ2n) is 5.11. The van der Waals surface area contributed by atoms with Crippen LogP contribution in [-0.2, 0) is 12.2 Å². The number of thioether (sulfide) groups is 1. The van der Waals surface area contributed by atoms with E-state index in [4.69, 9.17) is 9.26 Å². The van der Waals surface area contributed by atoms with Gasteiger partial charge in [-0.1, -0.05) is 17.3 Å². The van der Waals surface area contributed by atoms with Crippen molar-refractivity contribution in [2.45, 2.75) is 18.6 Å². The molecule has 0 saturated heterocycles. The minimum atomic E-state index is -0.317. The van der Waals surface area contributed by atoms with Crippen LogP contribution in [0.25, 0.3) is 10.7 Å². The van der Waals surface area contributed by atoms with Gasteiger partial charge in [0, 0.05) is 12.2 Å². The average molecular weight is 364 g/mol. The van der Waals surface area contributed by atoms with Gasteiger partial charge >= 0.3 is 0 Å². The van der Waals surface area contributed by atoms with Gasteiger partial charge in [0.25, 0.3) is 0 Å². The number of hydrogen-bond donors (Lipinski definition) is 0. The minimum Gasteiger partial charge on any atom is -0.494 e. The van der Waals surface area contributed by atoms with Gasteiger partial charge in [0.05, 0.1) is 12.0 Å². The number of ether oxygens (including phenoxy) is 1. The molecule has 2 heterocycles. The summed E-state index contributed by atoms with van der Waals surface area (Å²) in [5.74, 6) is 3.00. The van der Waals surface area contributed by atoms with Crippen molar-refractivity contribution in [3.8, 4) is 16.5 Å². The molecule has 0 spiro atoms. The Bertz CT molecular complexity index is 775. The number of nitrogens with zero attached hydrogens (tertiary/aromatic N) is 2. The molecular formula is C17H17FN2O2S2. The van der Waals surface area contributed by atoms with Crippen LogP contribution in [-0.4, -0.2) is 23.0 Å². The third kappa shape index (κ3) is 4.36. The molecule has 0 aliphatic rings. The fourth-order valence-corrected chi connectivity index (χ4v) is 3.73. The van der Waals surface area contributed by atoms with Gasteiger partial charge in [-0.2, -0.15) is 16.7 Å². The third-order valence-corrected chi connectivity index (χ3v) is 5.35. The first-order chi connectivity index (χ1) is 11.8. The Balaban J connectivity index is 1.40. The summed E-state index contributed by atoms with van der Waals surface area (Å²) in [6.45, 7) is 0. The number of rotatable bonds is 8. The molecule has 0 fully saturated rings. The van der Waals surface area contributed by atoms with Crippen LogP contribution in [0.15, 0.2) is 40.2 Å². The van der Waals surface area contributed by atoms with Gasteiger partial charge < -0.3 is 9.26 Å². The van der Waals surface area contributed by atoms with E-state index in [9.17, 15) is 4.39 Å². The van der Waals surface area contributed by atoms with Crippen LogP contribution < -0.4 is 4.74 Å². The molecule has 4 nitrogen and oxygen atoms in total. The van der Waals surface area contributed by atoms with Crippen LogP contribution in [0, 0.1) is 5.82 Å². The van der Waals surface area contributed by atoms with Gasteiger partial charge in [-0.3, -0.25) is 0 Å². The monoisotopic (exact) mass is 364 g/mol. The Morgan fingerprint density at radius 1 is 1.33 bits per heavy atom. The quantitative estimate of drug-likeness (QED) is 0.537. The summed E-state index contributed by atoms with van der Waals surface area (Å²) < 4.78 is 23.8. The van der Waals surface area contributed by atoms with Crippen molar-refractivity contribution in [2.75, 3.05) is 12.9 Å². The summed E-state index contributed by atoms with van der Waals surface area (Å²) in [5, 5.41) is 5.99. The molecule has 1 aromatic carbocycles. The summed E-state index contributed by atoms with van der Waals surface area (Å²) >= 11 is 3.35. The van der Waals surface area contributed by atoms with E-state index in [0.717, 1.165) is 34.8 Å². The molecule has 0 amide bonds. The highest BCUT2D eigenvalue weighted by atomic mass is 32.2. The Hall–Kier alpha value is -1.86. The molecule has 7 heteroatoms. The third-order valence-electron chi connectivity index (χ3n) is 3.37. The van der Waals surface area contributed by atoms with Gasteiger partial charge in [0.2, 0.25) is 11.7 Å². The van der Waals surface area contributed by atoms with Crippen LogP contribution >= 0.6 is 23.1 Å². The van der Waals surface area contributed by atoms with Crippen LogP contribution in [0.3, 0.4) is 0 Å².